The molecule has 0 unspecified atom stereocenters. The topological polar surface area (TPSA) is 97.0 Å². The molecule has 0 saturated carbocycles. The minimum atomic E-state index is -3.76. The Morgan fingerprint density at radius 1 is 1.00 bits per heavy atom. The van der Waals surface area contributed by atoms with Crippen molar-refractivity contribution in [1.29, 1.82) is 0 Å². The van der Waals surface area contributed by atoms with Crippen LogP contribution in [0.25, 0.3) is 0 Å². The zero-order valence-corrected chi connectivity index (χ0v) is 18.7. The predicted molar refractivity (Wildman–Crippen MR) is 119 cm³/mol. The van der Waals surface area contributed by atoms with Crippen LogP contribution in [0.1, 0.15) is 24.8 Å². The smallest absolute Gasteiger partial charge is 0.240 e. The van der Waals surface area contributed by atoms with Crippen molar-refractivity contribution in [3.05, 3.63) is 48.0 Å². The highest BCUT2D eigenvalue weighted by Crippen LogP contribution is 2.29. The van der Waals surface area contributed by atoms with E-state index < -0.39 is 10.0 Å². The molecular weight excluding hydrogens is 418 g/mol. The van der Waals surface area contributed by atoms with Gasteiger partial charge in [0.25, 0.3) is 0 Å². The van der Waals surface area contributed by atoms with Gasteiger partial charge >= 0.3 is 0 Å². The highest BCUT2D eigenvalue weighted by molar-refractivity contribution is 7.89. The Morgan fingerprint density at radius 3 is 2.32 bits per heavy atom. The maximum Gasteiger partial charge on any atom is 0.240 e. The van der Waals surface area contributed by atoms with Crippen molar-refractivity contribution in [2.75, 3.05) is 38.8 Å². The van der Waals surface area contributed by atoms with E-state index in [9.17, 15) is 13.2 Å². The number of anilines is 1. The van der Waals surface area contributed by atoms with Crippen LogP contribution in [0.5, 0.6) is 11.5 Å². The third-order valence-electron chi connectivity index (χ3n) is 5.21. The Kier molecular flexibility index (Phi) is 7.75. The van der Waals surface area contributed by atoms with Gasteiger partial charge in [0, 0.05) is 44.4 Å². The fraction of sp³-hybridized carbons (Fsp3) is 0.409. The van der Waals surface area contributed by atoms with Crippen molar-refractivity contribution in [2.45, 2.75) is 30.7 Å². The number of carbonyl (C=O) groups is 1. The van der Waals surface area contributed by atoms with E-state index in [1.807, 2.05) is 12.1 Å². The molecule has 2 aromatic carbocycles. The highest BCUT2D eigenvalue weighted by atomic mass is 32.2. The lowest BCUT2D eigenvalue weighted by Gasteiger charge is -2.17. The first kappa shape index (κ1) is 22.9. The van der Waals surface area contributed by atoms with Crippen LogP contribution < -0.4 is 24.4 Å². The number of nitrogens with one attached hydrogen (secondary N) is 2. The quantitative estimate of drug-likeness (QED) is 0.580. The van der Waals surface area contributed by atoms with Gasteiger partial charge < -0.3 is 19.7 Å². The molecule has 0 radical (unpaired) electrons. The van der Waals surface area contributed by atoms with Gasteiger partial charge in [-0.25, -0.2) is 13.1 Å². The van der Waals surface area contributed by atoms with Crippen LogP contribution >= 0.6 is 0 Å². The molecule has 0 atom stereocenters. The van der Waals surface area contributed by atoms with Gasteiger partial charge in [0.15, 0.2) is 11.5 Å². The minimum absolute atomic E-state index is 0.00356. The monoisotopic (exact) mass is 447 g/mol. The summed E-state index contributed by atoms with van der Waals surface area (Å²) >= 11 is 0. The van der Waals surface area contributed by atoms with Crippen molar-refractivity contribution in [1.82, 2.24) is 10.0 Å². The molecule has 168 valence electrons. The number of amides is 1. The molecule has 31 heavy (non-hydrogen) atoms. The molecule has 1 aliphatic rings. The third kappa shape index (κ3) is 6.11. The van der Waals surface area contributed by atoms with Crippen LogP contribution in [0.3, 0.4) is 0 Å². The van der Waals surface area contributed by atoms with E-state index in [0.717, 1.165) is 18.7 Å². The summed E-state index contributed by atoms with van der Waals surface area (Å²) in [6.07, 6.45) is 2.50. The average Bonchev–Trinajstić information content (AvgIpc) is 3.32. The molecule has 1 fully saturated rings. The lowest BCUT2D eigenvalue weighted by Crippen LogP contribution is -2.30. The lowest BCUT2D eigenvalue weighted by atomic mass is 10.2. The first-order valence-corrected chi connectivity index (χ1v) is 11.7. The van der Waals surface area contributed by atoms with Crippen LogP contribution in [-0.4, -0.2) is 48.2 Å². The van der Waals surface area contributed by atoms with Gasteiger partial charge in [-0.05, 0) is 42.7 Å². The average molecular weight is 448 g/mol. The van der Waals surface area contributed by atoms with Crippen LogP contribution in [0.4, 0.5) is 5.69 Å². The summed E-state index contributed by atoms with van der Waals surface area (Å²) < 4.78 is 37.6. The van der Waals surface area contributed by atoms with Crippen LogP contribution in [0, 0.1) is 0 Å². The van der Waals surface area contributed by atoms with Gasteiger partial charge in [0.05, 0.1) is 19.1 Å². The molecule has 9 heteroatoms. The maximum atomic E-state index is 12.5. The van der Waals surface area contributed by atoms with E-state index in [0.29, 0.717) is 18.0 Å². The fourth-order valence-electron chi connectivity index (χ4n) is 3.45. The summed E-state index contributed by atoms with van der Waals surface area (Å²) in [4.78, 5) is 14.5. The van der Waals surface area contributed by atoms with E-state index >= 15 is 0 Å². The Bertz CT molecular complexity index is 987. The molecule has 0 spiro atoms. The Hall–Kier alpha value is -2.78. The number of rotatable bonds is 10. The number of ether oxygens (including phenoxy) is 2. The van der Waals surface area contributed by atoms with Crippen molar-refractivity contribution in [2.24, 2.45) is 0 Å². The third-order valence-corrected chi connectivity index (χ3v) is 6.67. The van der Waals surface area contributed by atoms with Gasteiger partial charge in [-0.3, -0.25) is 4.79 Å². The summed E-state index contributed by atoms with van der Waals surface area (Å²) in [5, 5.41) is 2.82. The number of nitrogens with zero attached hydrogens (tertiary/aromatic N) is 1. The summed E-state index contributed by atoms with van der Waals surface area (Å²) in [5.74, 6) is 0.534. The van der Waals surface area contributed by atoms with E-state index in [1.54, 1.807) is 0 Å². The van der Waals surface area contributed by atoms with Gasteiger partial charge in [0.2, 0.25) is 15.9 Å². The Labute approximate surface area is 183 Å². The number of sulfonamides is 1. The summed E-state index contributed by atoms with van der Waals surface area (Å²) in [5.41, 5.74) is 2.21. The van der Waals surface area contributed by atoms with E-state index in [4.69, 9.17) is 9.47 Å². The van der Waals surface area contributed by atoms with Gasteiger partial charge in [0.1, 0.15) is 0 Å². The normalized spacial score (nSPS) is 13.8. The number of carbonyl (C=O) groups excluding carboxylic acids is 1. The molecule has 1 saturated heterocycles. The van der Waals surface area contributed by atoms with Crippen LogP contribution in [0.15, 0.2) is 47.4 Å². The SMILES string of the molecule is COc1ccc(S(=O)(=O)NCCC(=O)NCc2ccc(N3CCCC3)cc2)cc1OC. The predicted octanol–water partition coefficient (Wildman–Crippen LogP) is 2.29. The van der Waals surface area contributed by atoms with Gasteiger partial charge in [-0.1, -0.05) is 12.1 Å². The minimum Gasteiger partial charge on any atom is -0.493 e. The fourth-order valence-corrected chi connectivity index (χ4v) is 4.50. The largest absolute Gasteiger partial charge is 0.493 e. The second-order valence-corrected chi connectivity index (χ2v) is 9.07. The Morgan fingerprint density at radius 2 is 1.68 bits per heavy atom. The lowest BCUT2D eigenvalue weighted by molar-refractivity contribution is -0.121. The van der Waals surface area contributed by atoms with Gasteiger partial charge in [-0.15, -0.1) is 0 Å². The molecule has 3 rings (SSSR count). The van der Waals surface area contributed by atoms with Gasteiger partial charge in [-0.2, -0.15) is 0 Å². The standard InChI is InChI=1S/C22H29N3O5S/c1-29-20-10-9-19(15-21(20)30-2)31(27,28)24-12-11-22(26)23-16-17-5-7-18(8-6-17)25-13-3-4-14-25/h5-10,15,24H,3-4,11-14,16H2,1-2H3,(H,23,26). The molecular formula is C22H29N3O5S. The van der Waals surface area contributed by atoms with E-state index in [1.165, 1.54) is 50.9 Å². The molecule has 8 nitrogen and oxygen atoms in total. The number of benzene rings is 2. The maximum absolute atomic E-state index is 12.5. The zero-order chi connectivity index (χ0) is 22.3. The molecule has 0 bridgehead atoms. The van der Waals surface area contributed by atoms with E-state index in [-0.39, 0.29) is 23.8 Å². The van der Waals surface area contributed by atoms with Crippen molar-refractivity contribution in [3.8, 4) is 11.5 Å². The summed E-state index contributed by atoms with van der Waals surface area (Å²) in [7, 11) is -0.850. The number of hydrogen-bond donors (Lipinski definition) is 2. The molecule has 0 aliphatic carbocycles. The molecule has 2 aromatic rings. The Balaban J connectivity index is 1.45. The van der Waals surface area contributed by atoms with Crippen molar-refractivity contribution >= 4 is 21.6 Å². The highest BCUT2D eigenvalue weighted by Gasteiger charge is 2.17. The number of methoxy groups -OCH3 is 2. The van der Waals surface area contributed by atoms with Crippen molar-refractivity contribution in [3.63, 3.8) is 0 Å². The van der Waals surface area contributed by atoms with E-state index in [2.05, 4.69) is 27.1 Å². The first-order chi connectivity index (χ1) is 14.9. The molecule has 1 amide bonds. The molecule has 0 aromatic heterocycles. The number of hydrogen-bond acceptors (Lipinski definition) is 6. The first-order valence-electron chi connectivity index (χ1n) is 10.3. The second-order valence-electron chi connectivity index (χ2n) is 7.30. The summed E-state index contributed by atoms with van der Waals surface area (Å²) in [6, 6.07) is 12.5. The van der Waals surface area contributed by atoms with Crippen LogP contribution in [0.2, 0.25) is 0 Å². The van der Waals surface area contributed by atoms with Crippen LogP contribution in [-0.2, 0) is 21.4 Å². The zero-order valence-electron chi connectivity index (χ0n) is 17.9. The molecule has 1 aliphatic heterocycles. The second kappa shape index (κ2) is 10.5. The summed E-state index contributed by atoms with van der Waals surface area (Å²) in [6.45, 7) is 2.59. The molecule has 2 N–H and O–H groups in total. The van der Waals surface area contributed by atoms with Crippen molar-refractivity contribution < 1.29 is 22.7 Å². The molecule has 1 heterocycles.